The SMILES string of the molecule is CCCCCCCCOc1ccc(-c2nc(-c3ccc(OCc4ccccc4)cc3)no2)cc1. The predicted molar refractivity (Wildman–Crippen MR) is 135 cm³/mol. The molecule has 34 heavy (non-hydrogen) atoms. The van der Waals surface area contributed by atoms with E-state index in [1.54, 1.807) is 0 Å². The number of hydrogen-bond acceptors (Lipinski definition) is 5. The van der Waals surface area contributed by atoms with Crippen LogP contribution in [0.25, 0.3) is 22.8 Å². The summed E-state index contributed by atoms with van der Waals surface area (Å²) in [6.45, 7) is 3.52. The van der Waals surface area contributed by atoms with Crippen LogP contribution in [0.5, 0.6) is 11.5 Å². The quantitative estimate of drug-likeness (QED) is 0.193. The highest BCUT2D eigenvalue weighted by Crippen LogP contribution is 2.25. The molecule has 1 aromatic heterocycles. The zero-order valence-electron chi connectivity index (χ0n) is 19.8. The second-order valence-corrected chi connectivity index (χ2v) is 8.36. The molecule has 4 aromatic rings. The maximum absolute atomic E-state index is 5.86. The molecule has 0 atom stereocenters. The van der Waals surface area contributed by atoms with Crippen LogP contribution in [0.2, 0.25) is 0 Å². The summed E-state index contributed by atoms with van der Waals surface area (Å²) >= 11 is 0. The summed E-state index contributed by atoms with van der Waals surface area (Å²) in [7, 11) is 0. The summed E-state index contributed by atoms with van der Waals surface area (Å²) in [4.78, 5) is 4.56. The van der Waals surface area contributed by atoms with Crippen molar-refractivity contribution in [1.82, 2.24) is 10.1 Å². The largest absolute Gasteiger partial charge is 0.494 e. The van der Waals surface area contributed by atoms with E-state index in [0.717, 1.165) is 41.2 Å². The molecule has 0 aliphatic rings. The van der Waals surface area contributed by atoms with Gasteiger partial charge in [-0.3, -0.25) is 0 Å². The highest BCUT2D eigenvalue weighted by Gasteiger charge is 2.11. The van der Waals surface area contributed by atoms with Crippen molar-refractivity contribution >= 4 is 0 Å². The van der Waals surface area contributed by atoms with Gasteiger partial charge in [-0.05, 0) is 60.5 Å². The average Bonchev–Trinajstić information content (AvgIpc) is 3.39. The van der Waals surface area contributed by atoms with Gasteiger partial charge in [0.2, 0.25) is 5.82 Å². The summed E-state index contributed by atoms with van der Waals surface area (Å²) in [6, 6.07) is 25.6. The molecule has 0 fully saturated rings. The van der Waals surface area contributed by atoms with E-state index >= 15 is 0 Å². The highest BCUT2D eigenvalue weighted by atomic mass is 16.5. The first kappa shape index (κ1) is 23.6. The van der Waals surface area contributed by atoms with Gasteiger partial charge in [0, 0.05) is 11.1 Å². The van der Waals surface area contributed by atoms with Gasteiger partial charge in [-0.15, -0.1) is 0 Å². The Balaban J connectivity index is 1.27. The Bertz CT molecular complexity index is 1110. The fourth-order valence-electron chi connectivity index (χ4n) is 3.67. The number of hydrogen-bond donors (Lipinski definition) is 0. The molecular weight excluding hydrogens is 424 g/mol. The molecule has 176 valence electrons. The Morgan fingerprint density at radius 2 is 1.32 bits per heavy atom. The molecule has 0 N–H and O–H groups in total. The van der Waals surface area contributed by atoms with Crippen molar-refractivity contribution in [2.75, 3.05) is 6.61 Å². The fraction of sp³-hybridized carbons (Fsp3) is 0.310. The molecule has 0 saturated heterocycles. The van der Waals surface area contributed by atoms with E-state index < -0.39 is 0 Å². The number of rotatable bonds is 13. The fourth-order valence-corrected chi connectivity index (χ4v) is 3.67. The molecule has 0 radical (unpaired) electrons. The molecule has 0 spiro atoms. The van der Waals surface area contributed by atoms with Crippen molar-refractivity contribution in [3.8, 4) is 34.3 Å². The van der Waals surface area contributed by atoms with Crippen LogP contribution in [0, 0.1) is 0 Å². The zero-order valence-corrected chi connectivity index (χ0v) is 19.8. The third-order valence-corrected chi connectivity index (χ3v) is 5.65. The zero-order chi connectivity index (χ0) is 23.4. The van der Waals surface area contributed by atoms with E-state index in [1.165, 1.54) is 32.1 Å². The monoisotopic (exact) mass is 456 g/mol. The highest BCUT2D eigenvalue weighted by molar-refractivity contribution is 5.60. The number of aromatic nitrogens is 2. The molecule has 4 rings (SSSR count). The Kier molecular flexibility index (Phi) is 8.72. The van der Waals surface area contributed by atoms with Crippen molar-refractivity contribution < 1.29 is 14.0 Å². The van der Waals surface area contributed by atoms with E-state index in [2.05, 4.69) is 17.1 Å². The number of ether oxygens (including phenoxy) is 2. The lowest BCUT2D eigenvalue weighted by atomic mass is 10.1. The van der Waals surface area contributed by atoms with Crippen molar-refractivity contribution in [3.05, 3.63) is 84.4 Å². The summed E-state index contributed by atoms with van der Waals surface area (Å²) in [5.74, 6) is 2.70. The van der Waals surface area contributed by atoms with Gasteiger partial charge in [0.1, 0.15) is 18.1 Å². The van der Waals surface area contributed by atoms with Crippen LogP contribution in [0.1, 0.15) is 51.0 Å². The number of nitrogens with zero attached hydrogens (tertiary/aromatic N) is 2. The van der Waals surface area contributed by atoms with E-state index in [9.17, 15) is 0 Å². The Labute approximate surface area is 201 Å². The van der Waals surface area contributed by atoms with Crippen LogP contribution in [0.15, 0.2) is 83.4 Å². The molecule has 0 aliphatic heterocycles. The van der Waals surface area contributed by atoms with Gasteiger partial charge in [0.25, 0.3) is 5.89 Å². The van der Waals surface area contributed by atoms with Gasteiger partial charge in [-0.25, -0.2) is 0 Å². The minimum absolute atomic E-state index is 0.488. The first-order valence-corrected chi connectivity index (χ1v) is 12.2. The first-order chi connectivity index (χ1) is 16.8. The molecule has 0 amide bonds. The molecule has 0 unspecified atom stereocenters. The van der Waals surface area contributed by atoms with Crippen LogP contribution in [0.3, 0.4) is 0 Å². The lowest BCUT2D eigenvalue weighted by Gasteiger charge is -2.06. The second kappa shape index (κ2) is 12.6. The Morgan fingerprint density at radius 1 is 0.676 bits per heavy atom. The summed E-state index contributed by atoms with van der Waals surface area (Å²) in [6.07, 6.45) is 7.54. The van der Waals surface area contributed by atoms with E-state index in [-0.39, 0.29) is 0 Å². The second-order valence-electron chi connectivity index (χ2n) is 8.36. The Hall–Kier alpha value is -3.60. The van der Waals surface area contributed by atoms with Gasteiger partial charge in [-0.2, -0.15) is 4.98 Å². The van der Waals surface area contributed by atoms with Crippen LogP contribution in [0.4, 0.5) is 0 Å². The maximum Gasteiger partial charge on any atom is 0.258 e. The van der Waals surface area contributed by atoms with Gasteiger partial charge in [-0.1, -0.05) is 74.5 Å². The van der Waals surface area contributed by atoms with Gasteiger partial charge in [0.05, 0.1) is 6.61 Å². The molecule has 5 nitrogen and oxygen atoms in total. The summed E-state index contributed by atoms with van der Waals surface area (Å²) in [5.41, 5.74) is 2.88. The van der Waals surface area contributed by atoms with Crippen molar-refractivity contribution in [2.24, 2.45) is 0 Å². The van der Waals surface area contributed by atoms with Crippen molar-refractivity contribution in [1.29, 1.82) is 0 Å². The molecule has 1 heterocycles. The summed E-state index contributed by atoms with van der Waals surface area (Å²) < 4.78 is 17.2. The topological polar surface area (TPSA) is 57.4 Å². The molecule has 5 heteroatoms. The lowest BCUT2D eigenvalue weighted by molar-refractivity contribution is 0.304. The van der Waals surface area contributed by atoms with Gasteiger partial charge < -0.3 is 14.0 Å². The molecule has 3 aromatic carbocycles. The molecule has 0 bridgehead atoms. The normalized spacial score (nSPS) is 10.9. The van der Waals surface area contributed by atoms with Gasteiger partial charge in [0.15, 0.2) is 0 Å². The van der Waals surface area contributed by atoms with E-state index in [0.29, 0.717) is 18.3 Å². The minimum atomic E-state index is 0.488. The smallest absolute Gasteiger partial charge is 0.258 e. The lowest BCUT2D eigenvalue weighted by Crippen LogP contribution is -1.97. The van der Waals surface area contributed by atoms with E-state index in [4.69, 9.17) is 14.0 Å². The molecule has 0 saturated carbocycles. The van der Waals surface area contributed by atoms with Crippen LogP contribution >= 0.6 is 0 Å². The molecule has 0 aliphatic carbocycles. The van der Waals surface area contributed by atoms with Crippen LogP contribution in [-0.4, -0.2) is 16.7 Å². The summed E-state index contributed by atoms with van der Waals surface area (Å²) in [5, 5.41) is 4.14. The minimum Gasteiger partial charge on any atom is -0.494 e. The van der Waals surface area contributed by atoms with E-state index in [1.807, 2.05) is 78.9 Å². The maximum atomic E-state index is 5.86. The number of unbranched alkanes of at least 4 members (excludes halogenated alkanes) is 5. The van der Waals surface area contributed by atoms with Gasteiger partial charge >= 0.3 is 0 Å². The third kappa shape index (κ3) is 6.95. The predicted octanol–water partition coefficient (Wildman–Crippen LogP) is 7.72. The van der Waals surface area contributed by atoms with Crippen molar-refractivity contribution in [3.63, 3.8) is 0 Å². The van der Waals surface area contributed by atoms with Crippen LogP contribution < -0.4 is 9.47 Å². The van der Waals surface area contributed by atoms with Crippen LogP contribution in [-0.2, 0) is 6.61 Å². The van der Waals surface area contributed by atoms with Crippen molar-refractivity contribution in [2.45, 2.75) is 52.1 Å². The first-order valence-electron chi connectivity index (χ1n) is 12.2. The standard InChI is InChI=1S/C29H32N2O3/c1-2-3-4-5-6-10-21-32-26-19-15-25(16-20-26)29-30-28(31-34-29)24-13-17-27(18-14-24)33-22-23-11-8-7-9-12-23/h7-9,11-20H,2-6,10,21-22H2,1H3. The average molecular weight is 457 g/mol. The Morgan fingerprint density at radius 3 is 2.06 bits per heavy atom. The number of benzene rings is 3. The third-order valence-electron chi connectivity index (χ3n) is 5.65. The molecular formula is C29H32N2O3.